The van der Waals surface area contributed by atoms with Crippen LogP contribution in [-0.2, 0) is 22.4 Å². The molecule has 0 bridgehead atoms. The van der Waals surface area contributed by atoms with Gasteiger partial charge in [0.05, 0.1) is 11.1 Å². The normalized spacial score (nSPS) is 11.6. The van der Waals surface area contributed by atoms with E-state index in [0.29, 0.717) is 12.0 Å². The van der Waals surface area contributed by atoms with Crippen molar-refractivity contribution in [3.05, 3.63) is 41.1 Å². The maximum atomic E-state index is 12.8. The van der Waals surface area contributed by atoms with Crippen LogP contribution in [0.4, 0.5) is 0 Å². The summed E-state index contributed by atoms with van der Waals surface area (Å²) in [5.41, 5.74) is 2.68. The number of Topliss-reactive ketones (excluding diaryl/α,β-unsaturated/α-hetero) is 1. The van der Waals surface area contributed by atoms with Crippen LogP contribution in [0.2, 0.25) is 0 Å². The van der Waals surface area contributed by atoms with E-state index in [4.69, 9.17) is 9.72 Å². The predicted octanol–water partition coefficient (Wildman–Crippen LogP) is 4.52. The summed E-state index contributed by atoms with van der Waals surface area (Å²) in [6.07, 6.45) is 2.47. The van der Waals surface area contributed by atoms with Crippen molar-refractivity contribution >= 4 is 22.7 Å². The van der Waals surface area contributed by atoms with E-state index in [9.17, 15) is 9.59 Å². The summed E-state index contributed by atoms with van der Waals surface area (Å²) in [5, 5.41) is 0.785. The first kappa shape index (κ1) is 19.1. The summed E-state index contributed by atoms with van der Waals surface area (Å²) in [6, 6.07) is 7.60. The summed E-state index contributed by atoms with van der Waals surface area (Å²) in [6.45, 7) is 9.37. The fraction of sp³-hybridized carbons (Fsp3) is 0.476. The molecule has 4 nitrogen and oxygen atoms in total. The van der Waals surface area contributed by atoms with Gasteiger partial charge in [0.2, 0.25) is 0 Å². The van der Waals surface area contributed by atoms with Crippen LogP contribution in [0.3, 0.4) is 0 Å². The summed E-state index contributed by atoms with van der Waals surface area (Å²) < 4.78 is 5.38. The zero-order chi connectivity index (χ0) is 18.6. The number of carbonyl (C=O) groups excluding carboxylic acids is 2. The van der Waals surface area contributed by atoms with Crippen molar-refractivity contribution in [1.29, 1.82) is 0 Å². The molecular weight excluding hydrogens is 314 g/mol. The topological polar surface area (TPSA) is 56.3 Å². The molecule has 134 valence electrons. The third-order valence-corrected chi connectivity index (χ3v) is 4.29. The molecule has 0 atom stereocenters. The smallest absolute Gasteiger partial charge is 0.339 e. The summed E-state index contributed by atoms with van der Waals surface area (Å²) in [4.78, 5) is 29.7. The van der Waals surface area contributed by atoms with Crippen LogP contribution >= 0.6 is 0 Å². The number of esters is 1. The molecule has 0 N–H and O–H groups in total. The van der Waals surface area contributed by atoms with Gasteiger partial charge in [-0.15, -0.1) is 0 Å². The van der Waals surface area contributed by atoms with Crippen LogP contribution in [-0.4, -0.2) is 23.3 Å². The lowest BCUT2D eigenvalue weighted by atomic mass is 9.91. The van der Waals surface area contributed by atoms with Crippen LogP contribution in [0, 0.1) is 5.41 Å². The van der Waals surface area contributed by atoms with Crippen LogP contribution in [0.1, 0.15) is 62.7 Å². The van der Waals surface area contributed by atoms with Crippen molar-refractivity contribution in [1.82, 2.24) is 4.98 Å². The minimum Gasteiger partial charge on any atom is -0.454 e. The van der Waals surface area contributed by atoms with Crippen molar-refractivity contribution in [2.24, 2.45) is 5.41 Å². The van der Waals surface area contributed by atoms with Gasteiger partial charge in [-0.2, -0.15) is 0 Å². The molecule has 0 aliphatic rings. The van der Waals surface area contributed by atoms with Gasteiger partial charge in [-0.05, 0) is 24.5 Å². The first-order valence-corrected chi connectivity index (χ1v) is 8.90. The van der Waals surface area contributed by atoms with E-state index in [1.807, 2.05) is 52.0 Å². The van der Waals surface area contributed by atoms with Crippen molar-refractivity contribution in [3.63, 3.8) is 0 Å². The van der Waals surface area contributed by atoms with Crippen LogP contribution in [0.25, 0.3) is 10.9 Å². The zero-order valence-electron chi connectivity index (χ0n) is 15.8. The third kappa shape index (κ3) is 4.25. The minimum atomic E-state index is -0.526. The number of pyridine rings is 1. The lowest BCUT2D eigenvalue weighted by Gasteiger charge is -2.18. The standard InChI is InChI=1S/C21H27NO3/c1-6-10-16-14(7-2)19(15-11-8-9-12-17(15)22-16)20(24)25-13-18(23)21(3,4)5/h8-9,11-12H,6-7,10,13H2,1-5H3. The van der Waals surface area contributed by atoms with Crippen molar-refractivity contribution in [2.45, 2.75) is 53.9 Å². The highest BCUT2D eigenvalue weighted by molar-refractivity contribution is 6.05. The lowest BCUT2D eigenvalue weighted by Crippen LogP contribution is -2.26. The van der Waals surface area contributed by atoms with E-state index in [1.165, 1.54) is 0 Å². The van der Waals surface area contributed by atoms with Crippen molar-refractivity contribution in [3.8, 4) is 0 Å². The van der Waals surface area contributed by atoms with Crippen LogP contribution in [0.15, 0.2) is 24.3 Å². The molecule has 0 aliphatic heterocycles. The van der Waals surface area contributed by atoms with E-state index in [0.717, 1.165) is 35.0 Å². The first-order valence-electron chi connectivity index (χ1n) is 8.90. The van der Waals surface area contributed by atoms with E-state index >= 15 is 0 Å². The Morgan fingerprint density at radius 2 is 1.80 bits per heavy atom. The monoisotopic (exact) mass is 341 g/mol. The summed E-state index contributed by atoms with van der Waals surface area (Å²) in [7, 11) is 0. The fourth-order valence-corrected chi connectivity index (χ4v) is 2.78. The number of ether oxygens (including phenoxy) is 1. The Bertz CT molecular complexity index is 788. The Kier molecular flexibility index (Phi) is 5.93. The maximum absolute atomic E-state index is 12.8. The molecule has 0 radical (unpaired) electrons. The summed E-state index contributed by atoms with van der Waals surface area (Å²) >= 11 is 0. The molecule has 0 saturated heterocycles. The number of fused-ring (bicyclic) bond motifs is 1. The highest BCUT2D eigenvalue weighted by Crippen LogP contribution is 2.26. The minimum absolute atomic E-state index is 0.0916. The molecule has 4 heteroatoms. The van der Waals surface area contributed by atoms with Crippen LogP contribution in [0.5, 0.6) is 0 Å². The molecule has 0 aliphatic carbocycles. The van der Waals surface area contributed by atoms with E-state index in [1.54, 1.807) is 0 Å². The average molecular weight is 341 g/mol. The number of nitrogens with zero attached hydrogens (tertiary/aromatic N) is 1. The highest BCUT2D eigenvalue weighted by atomic mass is 16.5. The number of ketones is 1. The first-order chi connectivity index (χ1) is 11.8. The molecule has 1 aromatic heterocycles. The van der Waals surface area contributed by atoms with Gasteiger partial charge in [0.15, 0.2) is 12.4 Å². The molecule has 0 fully saturated rings. The predicted molar refractivity (Wildman–Crippen MR) is 99.9 cm³/mol. The Hall–Kier alpha value is -2.23. The van der Waals surface area contributed by atoms with Gasteiger partial charge in [-0.25, -0.2) is 4.79 Å². The number of aromatic nitrogens is 1. The second-order valence-corrected chi connectivity index (χ2v) is 7.28. The van der Waals surface area contributed by atoms with Gasteiger partial charge in [0, 0.05) is 16.5 Å². The van der Waals surface area contributed by atoms with Gasteiger partial charge < -0.3 is 4.74 Å². The second kappa shape index (κ2) is 7.77. The molecule has 25 heavy (non-hydrogen) atoms. The van der Waals surface area contributed by atoms with E-state index in [-0.39, 0.29) is 12.4 Å². The molecule has 2 rings (SSSR count). The molecule has 0 saturated carbocycles. The Morgan fingerprint density at radius 1 is 1.12 bits per heavy atom. The highest BCUT2D eigenvalue weighted by Gasteiger charge is 2.25. The number of hydrogen-bond acceptors (Lipinski definition) is 4. The van der Waals surface area contributed by atoms with Crippen molar-refractivity contribution in [2.75, 3.05) is 6.61 Å². The maximum Gasteiger partial charge on any atom is 0.339 e. The van der Waals surface area contributed by atoms with Crippen LogP contribution < -0.4 is 0 Å². The molecule has 0 amide bonds. The number of hydrogen-bond donors (Lipinski definition) is 0. The fourth-order valence-electron chi connectivity index (χ4n) is 2.78. The van der Waals surface area contributed by atoms with Gasteiger partial charge >= 0.3 is 5.97 Å². The number of carbonyl (C=O) groups is 2. The molecule has 2 aromatic rings. The lowest BCUT2D eigenvalue weighted by molar-refractivity contribution is -0.129. The average Bonchev–Trinajstić information content (AvgIpc) is 2.57. The van der Waals surface area contributed by atoms with Gasteiger partial charge in [-0.1, -0.05) is 59.2 Å². The number of rotatable bonds is 6. The Morgan fingerprint density at radius 3 is 2.40 bits per heavy atom. The SMILES string of the molecule is CCCc1nc2ccccc2c(C(=O)OCC(=O)C(C)(C)C)c1CC. The molecule has 0 spiro atoms. The second-order valence-electron chi connectivity index (χ2n) is 7.28. The largest absolute Gasteiger partial charge is 0.454 e. The number of aryl methyl sites for hydroxylation is 1. The Balaban J connectivity index is 2.47. The number of para-hydroxylation sites is 1. The van der Waals surface area contributed by atoms with E-state index < -0.39 is 11.4 Å². The van der Waals surface area contributed by atoms with Gasteiger partial charge in [0.25, 0.3) is 0 Å². The molecule has 1 aromatic carbocycles. The molecular formula is C21H27NO3. The quantitative estimate of drug-likeness (QED) is 0.725. The zero-order valence-corrected chi connectivity index (χ0v) is 15.8. The summed E-state index contributed by atoms with van der Waals surface area (Å²) in [5.74, 6) is -0.531. The molecule has 0 unspecified atom stereocenters. The van der Waals surface area contributed by atoms with Gasteiger partial charge in [0.1, 0.15) is 0 Å². The van der Waals surface area contributed by atoms with Gasteiger partial charge in [-0.3, -0.25) is 9.78 Å². The molecule has 1 heterocycles. The van der Waals surface area contributed by atoms with Crippen molar-refractivity contribution < 1.29 is 14.3 Å². The number of benzene rings is 1. The Labute approximate surface area is 149 Å². The third-order valence-electron chi connectivity index (χ3n) is 4.29. The van der Waals surface area contributed by atoms with E-state index in [2.05, 4.69) is 6.92 Å².